The summed E-state index contributed by atoms with van der Waals surface area (Å²) in [5.74, 6) is 0. The molecule has 0 heterocycles. The van der Waals surface area contributed by atoms with Gasteiger partial charge in [-0.3, -0.25) is 0 Å². The fraction of sp³-hybridized carbons (Fsp3) is 0. The summed E-state index contributed by atoms with van der Waals surface area (Å²) in [6.45, 7) is 0. The van der Waals surface area contributed by atoms with E-state index in [9.17, 15) is 0 Å². The molecule has 0 saturated heterocycles. The predicted molar refractivity (Wildman–Crippen MR) is 41.3 cm³/mol. The predicted octanol–water partition coefficient (Wildman–Crippen LogP) is 0.716. The van der Waals surface area contributed by atoms with Crippen LogP contribution in [0.4, 0.5) is 5.69 Å². The van der Waals surface area contributed by atoms with Gasteiger partial charge in [0.15, 0.2) is 0 Å². The van der Waals surface area contributed by atoms with E-state index in [1.54, 1.807) is 12.1 Å². The van der Waals surface area contributed by atoms with Gasteiger partial charge in [0.1, 0.15) is 0 Å². The normalized spacial score (nSPS) is 9.44. The summed E-state index contributed by atoms with van der Waals surface area (Å²) in [6.07, 6.45) is 0. The van der Waals surface area contributed by atoms with Crippen LogP contribution < -0.4 is 10.2 Å². The molecule has 1 radical (unpaired) electrons. The van der Waals surface area contributed by atoms with Crippen molar-refractivity contribution in [1.82, 2.24) is 0 Å². The van der Waals surface area contributed by atoms with Crippen LogP contribution >= 0.6 is 11.6 Å². The Bertz CT molecular complexity index is 224. The van der Waals surface area contributed by atoms with Crippen molar-refractivity contribution in [2.75, 3.05) is 5.73 Å². The Morgan fingerprint density at radius 3 is 2.56 bits per heavy atom. The summed E-state index contributed by atoms with van der Waals surface area (Å²) in [7, 11) is 0. The van der Waals surface area contributed by atoms with Gasteiger partial charge in [-0.2, -0.15) is 0 Å². The number of nitrogen functional groups attached to an aromatic ring is 1. The zero-order valence-corrected chi connectivity index (χ0v) is 7.06. The van der Waals surface area contributed by atoms with Crippen molar-refractivity contribution in [3.8, 4) is 0 Å². The minimum absolute atomic E-state index is 0.673. The zero-order valence-electron chi connectivity index (χ0n) is 4.60. The number of nitrogens with two attached hydrogens (primary N) is 1. The van der Waals surface area contributed by atoms with E-state index < -0.39 is 0 Å². The van der Waals surface area contributed by atoms with Crippen LogP contribution in [0.3, 0.4) is 0 Å². The molecule has 0 bridgehead atoms. The second kappa shape index (κ2) is 2.61. The van der Waals surface area contributed by atoms with E-state index in [1.807, 2.05) is 6.07 Å². The number of hydrogen-bond donors (Lipinski definition) is 1. The maximum atomic E-state index is 5.62. The molecule has 1 nitrogen and oxygen atoms in total. The van der Waals surface area contributed by atoms with Crippen molar-refractivity contribution in [3.05, 3.63) is 23.2 Å². The summed E-state index contributed by atoms with van der Waals surface area (Å²) < 4.78 is 0.944. The van der Waals surface area contributed by atoms with Gasteiger partial charge in [-0.25, -0.2) is 0 Å². The molecule has 1 rings (SSSR count). The van der Waals surface area contributed by atoms with Crippen molar-refractivity contribution < 1.29 is 0 Å². The SMILES string of the molecule is Nc1cc(Cl)ccc1[Se]. The number of anilines is 1. The Hall–Kier alpha value is -0.171. The monoisotopic (exact) mass is 206 g/mol. The second-order valence-electron chi connectivity index (χ2n) is 1.68. The molecule has 3 heteroatoms. The average Bonchev–Trinajstić information content (AvgIpc) is 1.80. The first-order valence-electron chi connectivity index (χ1n) is 2.42. The summed E-state index contributed by atoms with van der Waals surface area (Å²) in [5, 5.41) is 0.673. The van der Waals surface area contributed by atoms with Gasteiger partial charge < -0.3 is 0 Å². The Morgan fingerprint density at radius 1 is 1.44 bits per heavy atom. The van der Waals surface area contributed by atoms with Gasteiger partial charge in [0, 0.05) is 0 Å². The first kappa shape index (κ1) is 6.94. The van der Waals surface area contributed by atoms with Crippen LogP contribution in [0.2, 0.25) is 5.02 Å². The molecular weight excluding hydrogens is 200 g/mol. The van der Waals surface area contributed by atoms with Gasteiger partial charge in [-0.05, 0) is 0 Å². The molecule has 1 aromatic rings. The van der Waals surface area contributed by atoms with Crippen molar-refractivity contribution in [2.24, 2.45) is 0 Å². The minimum atomic E-state index is 0.673. The third-order valence-electron chi connectivity index (χ3n) is 0.972. The average molecular weight is 206 g/mol. The Balaban J connectivity index is 3.17. The third kappa shape index (κ3) is 1.62. The van der Waals surface area contributed by atoms with Crippen LogP contribution in [-0.2, 0) is 0 Å². The molecule has 0 aliphatic heterocycles. The number of hydrogen-bond acceptors (Lipinski definition) is 1. The number of rotatable bonds is 0. The number of halogens is 1. The Kier molecular flexibility index (Phi) is 2.01. The summed E-state index contributed by atoms with van der Waals surface area (Å²) in [5.41, 5.74) is 6.20. The van der Waals surface area contributed by atoms with E-state index in [0.29, 0.717) is 10.7 Å². The molecule has 0 spiro atoms. The fourth-order valence-electron chi connectivity index (χ4n) is 0.519. The molecular formula is C6H5ClNSe. The first-order chi connectivity index (χ1) is 4.20. The van der Waals surface area contributed by atoms with Gasteiger partial charge in [0.2, 0.25) is 0 Å². The van der Waals surface area contributed by atoms with Gasteiger partial charge >= 0.3 is 66.7 Å². The van der Waals surface area contributed by atoms with E-state index in [0.717, 1.165) is 4.46 Å². The van der Waals surface area contributed by atoms with Crippen LogP contribution in [0.1, 0.15) is 0 Å². The Morgan fingerprint density at radius 2 is 2.11 bits per heavy atom. The van der Waals surface area contributed by atoms with Crippen LogP contribution in [0.25, 0.3) is 0 Å². The number of benzene rings is 1. The molecule has 0 amide bonds. The van der Waals surface area contributed by atoms with E-state index in [4.69, 9.17) is 17.3 Å². The second-order valence-corrected chi connectivity index (χ2v) is 3.04. The summed E-state index contributed by atoms with van der Waals surface area (Å²) in [6, 6.07) is 5.36. The fourth-order valence-corrected chi connectivity index (χ4v) is 0.966. The van der Waals surface area contributed by atoms with E-state index in [2.05, 4.69) is 16.0 Å². The first-order valence-corrected chi connectivity index (χ1v) is 3.65. The third-order valence-corrected chi connectivity index (χ3v) is 1.99. The topological polar surface area (TPSA) is 26.0 Å². The van der Waals surface area contributed by atoms with E-state index in [1.165, 1.54) is 0 Å². The van der Waals surface area contributed by atoms with Gasteiger partial charge in [0.25, 0.3) is 0 Å². The van der Waals surface area contributed by atoms with Crippen LogP contribution in [0, 0.1) is 0 Å². The summed E-state index contributed by atoms with van der Waals surface area (Å²) in [4.78, 5) is 0. The van der Waals surface area contributed by atoms with Gasteiger partial charge in [0.05, 0.1) is 0 Å². The molecule has 9 heavy (non-hydrogen) atoms. The quantitative estimate of drug-likeness (QED) is 0.490. The molecule has 0 unspecified atom stereocenters. The van der Waals surface area contributed by atoms with Crippen LogP contribution in [0.5, 0.6) is 0 Å². The van der Waals surface area contributed by atoms with E-state index in [-0.39, 0.29) is 0 Å². The van der Waals surface area contributed by atoms with Crippen LogP contribution in [0.15, 0.2) is 18.2 Å². The molecule has 2 N–H and O–H groups in total. The molecule has 47 valence electrons. The van der Waals surface area contributed by atoms with Gasteiger partial charge in [-0.1, -0.05) is 0 Å². The molecule has 0 fully saturated rings. The van der Waals surface area contributed by atoms with E-state index >= 15 is 0 Å². The standard InChI is InChI=1S/C6H5ClNSe/c7-4-1-2-6(9)5(8)3-4/h1-3H,8H2. The molecule has 0 aromatic heterocycles. The van der Waals surface area contributed by atoms with Crippen molar-refractivity contribution in [3.63, 3.8) is 0 Å². The van der Waals surface area contributed by atoms with Gasteiger partial charge in [-0.15, -0.1) is 0 Å². The van der Waals surface area contributed by atoms with Crippen molar-refractivity contribution >= 4 is 37.8 Å². The van der Waals surface area contributed by atoms with Crippen molar-refractivity contribution in [1.29, 1.82) is 0 Å². The maximum absolute atomic E-state index is 5.62. The molecule has 0 aliphatic carbocycles. The summed E-state index contributed by atoms with van der Waals surface area (Å²) >= 11 is 8.44. The molecule has 1 aromatic carbocycles. The Labute approximate surface area is 67.0 Å². The zero-order chi connectivity index (χ0) is 6.85. The molecule has 0 atom stereocenters. The van der Waals surface area contributed by atoms with Crippen LogP contribution in [-0.4, -0.2) is 16.0 Å². The molecule has 0 saturated carbocycles. The molecule has 0 aliphatic rings. The van der Waals surface area contributed by atoms with Crippen molar-refractivity contribution in [2.45, 2.75) is 0 Å².